The Bertz CT molecular complexity index is 1510. The lowest BCUT2D eigenvalue weighted by atomic mass is 10.1. The van der Waals surface area contributed by atoms with Crippen LogP contribution < -0.4 is 5.69 Å². The lowest BCUT2D eigenvalue weighted by molar-refractivity contribution is -0.207. The number of para-hydroxylation sites is 1. The van der Waals surface area contributed by atoms with Crippen LogP contribution in [0.25, 0.3) is 16.9 Å². The Morgan fingerprint density at radius 3 is 2.26 bits per heavy atom. The molecule has 0 spiro atoms. The maximum atomic E-state index is 14.6. The number of hydrogen-bond acceptors (Lipinski definition) is 5. The summed E-state index contributed by atoms with van der Waals surface area (Å²) in [5, 5.41) is 24.1. The Labute approximate surface area is 227 Å². The number of alkyl halides is 3. The fraction of sp³-hybridized carbons (Fsp3) is 0.261. The van der Waals surface area contributed by atoms with Crippen molar-refractivity contribution in [3.05, 3.63) is 85.6 Å². The maximum Gasteiger partial charge on any atom is 0.416 e. The van der Waals surface area contributed by atoms with Crippen molar-refractivity contribution in [2.45, 2.75) is 38.4 Å². The first-order chi connectivity index (χ1) is 17.8. The molecular formula is C23H18Cl3F4N5O3. The number of rotatable bonds is 7. The predicted molar refractivity (Wildman–Crippen MR) is 132 cm³/mol. The zero-order valence-corrected chi connectivity index (χ0v) is 21.6. The van der Waals surface area contributed by atoms with Crippen molar-refractivity contribution in [3.8, 4) is 16.9 Å². The fourth-order valence-electron chi connectivity index (χ4n) is 3.73. The van der Waals surface area contributed by atoms with Crippen LogP contribution >= 0.6 is 34.8 Å². The number of aliphatic hydroxyl groups excluding tert-OH is 2. The van der Waals surface area contributed by atoms with Gasteiger partial charge in [-0.15, -0.1) is 5.10 Å². The Kier molecular flexibility index (Phi) is 7.91. The van der Waals surface area contributed by atoms with Crippen molar-refractivity contribution < 1.29 is 27.8 Å². The lowest BCUT2D eigenvalue weighted by Gasteiger charge is -2.16. The number of benzene rings is 2. The van der Waals surface area contributed by atoms with Crippen molar-refractivity contribution >= 4 is 34.8 Å². The molecule has 0 aliphatic heterocycles. The van der Waals surface area contributed by atoms with Crippen molar-refractivity contribution in [1.29, 1.82) is 0 Å². The van der Waals surface area contributed by atoms with Crippen molar-refractivity contribution in [2.75, 3.05) is 0 Å². The molecule has 4 rings (SSSR count). The van der Waals surface area contributed by atoms with E-state index in [1.807, 2.05) is 0 Å². The van der Waals surface area contributed by atoms with Crippen LogP contribution in [0.15, 0.2) is 47.3 Å². The van der Waals surface area contributed by atoms with Gasteiger partial charge in [0.1, 0.15) is 22.8 Å². The van der Waals surface area contributed by atoms with Crippen molar-refractivity contribution in [3.63, 3.8) is 0 Å². The number of hydrogen-bond donors (Lipinski definition) is 2. The zero-order chi connectivity index (χ0) is 27.9. The molecule has 0 fully saturated rings. The van der Waals surface area contributed by atoms with E-state index in [1.165, 1.54) is 43.3 Å². The first kappa shape index (κ1) is 28.1. The van der Waals surface area contributed by atoms with E-state index in [2.05, 4.69) is 10.1 Å². The summed E-state index contributed by atoms with van der Waals surface area (Å²) in [6, 6.07) is 9.70. The molecular weight excluding hydrogens is 577 g/mol. The van der Waals surface area contributed by atoms with Crippen molar-refractivity contribution in [1.82, 2.24) is 23.9 Å². The summed E-state index contributed by atoms with van der Waals surface area (Å²) < 4.78 is 56.6. The van der Waals surface area contributed by atoms with E-state index in [0.29, 0.717) is 9.59 Å². The highest BCUT2D eigenvalue weighted by Gasteiger charge is 2.39. The predicted octanol–water partition coefficient (Wildman–Crippen LogP) is 5.02. The molecule has 2 aromatic heterocycles. The monoisotopic (exact) mass is 593 g/mol. The molecule has 0 bridgehead atoms. The minimum Gasteiger partial charge on any atom is -0.385 e. The van der Waals surface area contributed by atoms with E-state index in [-0.39, 0.29) is 38.8 Å². The van der Waals surface area contributed by atoms with Crippen LogP contribution in [0.2, 0.25) is 15.2 Å². The third kappa shape index (κ3) is 5.45. The third-order valence-electron chi connectivity index (χ3n) is 5.51. The van der Waals surface area contributed by atoms with Gasteiger partial charge in [-0.25, -0.2) is 18.9 Å². The van der Waals surface area contributed by atoms with E-state index in [9.17, 15) is 32.6 Å². The van der Waals surface area contributed by atoms with Crippen LogP contribution in [0.3, 0.4) is 0 Å². The van der Waals surface area contributed by atoms with Gasteiger partial charge in [0.15, 0.2) is 17.8 Å². The molecule has 0 amide bonds. The second kappa shape index (κ2) is 10.7. The molecule has 2 heterocycles. The minimum atomic E-state index is -5.00. The maximum absolute atomic E-state index is 14.6. The van der Waals surface area contributed by atoms with Crippen LogP contribution in [0, 0.1) is 5.82 Å². The number of aromatic nitrogens is 5. The molecule has 2 N–H and O–H groups in total. The van der Waals surface area contributed by atoms with Gasteiger partial charge in [0, 0.05) is 10.6 Å². The second-order valence-electron chi connectivity index (χ2n) is 8.23. The van der Waals surface area contributed by atoms with Gasteiger partial charge in [0.2, 0.25) is 0 Å². The van der Waals surface area contributed by atoms with Gasteiger partial charge in [-0.2, -0.15) is 13.2 Å². The molecule has 0 aliphatic carbocycles. The smallest absolute Gasteiger partial charge is 0.385 e. The Morgan fingerprint density at radius 2 is 1.68 bits per heavy atom. The van der Waals surface area contributed by atoms with Crippen LogP contribution in [-0.2, 0) is 13.1 Å². The average Bonchev–Trinajstić information content (AvgIpc) is 3.34. The van der Waals surface area contributed by atoms with Crippen molar-refractivity contribution in [2.24, 2.45) is 0 Å². The van der Waals surface area contributed by atoms with E-state index in [4.69, 9.17) is 34.8 Å². The molecule has 15 heteroatoms. The summed E-state index contributed by atoms with van der Waals surface area (Å²) in [6.07, 6.45) is -9.10. The molecule has 0 saturated carbocycles. The normalized spacial score (nSPS) is 13.6. The molecule has 4 aromatic rings. The summed E-state index contributed by atoms with van der Waals surface area (Å²) >= 11 is 18.5. The minimum absolute atomic E-state index is 0.0316. The first-order valence-electron chi connectivity index (χ1n) is 10.9. The number of halogens is 7. The van der Waals surface area contributed by atoms with Gasteiger partial charge < -0.3 is 10.2 Å². The quantitative estimate of drug-likeness (QED) is 0.293. The van der Waals surface area contributed by atoms with Gasteiger partial charge in [-0.05, 0) is 31.2 Å². The highest BCUT2D eigenvalue weighted by atomic mass is 35.5. The molecule has 2 aromatic carbocycles. The lowest BCUT2D eigenvalue weighted by Crippen LogP contribution is -2.37. The standard InChI is InChI=1S/C23H18Cl3F4N5O3/c1-11(36)21-31-17(32-35(21)19-14(25)3-2-4-15(19)27)10-34-20(26)18(12-5-7-13(24)8-6-12)33(22(34)38)9-16(37)23(28,29)30/h2-8,11,16,36-37H,9-10H2,1H3/t11-,16-/m0/s1. The van der Waals surface area contributed by atoms with Crippen LogP contribution in [0.5, 0.6) is 0 Å². The molecule has 38 heavy (non-hydrogen) atoms. The second-order valence-corrected chi connectivity index (χ2v) is 9.43. The summed E-state index contributed by atoms with van der Waals surface area (Å²) in [4.78, 5) is 17.4. The highest BCUT2D eigenvalue weighted by Crippen LogP contribution is 2.31. The van der Waals surface area contributed by atoms with Gasteiger partial charge in [-0.3, -0.25) is 9.13 Å². The molecule has 0 radical (unpaired) electrons. The molecule has 0 aliphatic rings. The van der Waals surface area contributed by atoms with Gasteiger partial charge >= 0.3 is 11.9 Å². The SMILES string of the molecule is C[C@H](O)c1nc(Cn2c(Cl)c(-c3ccc(Cl)cc3)n(C[C@H](O)C(F)(F)F)c2=O)nn1-c1c(F)cccc1Cl. The Hall–Kier alpha value is -2.90. The van der Waals surface area contributed by atoms with Gasteiger partial charge in [0.05, 0.1) is 23.8 Å². The molecule has 8 nitrogen and oxygen atoms in total. The Morgan fingerprint density at radius 1 is 1.03 bits per heavy atom. The fourth-order valence-corrected chi connectivity index (χ4v) is 4.45. The number of imidazole rings is 1. The largest absolute Gasteiger partial charge is 0.416 e. The van der Waals surface area contributed by atoms with E-state index in [0.717, 1.165) is 15.3 Å². The average molecular weight is 595 g/mol. The van der Waals surface area contributed by atoms with Crippen LogP contribution in [0.4, 0.5) is 17.6 Å². The summed E-state index contributed by atoms with van der Waals surface area (Å²) in [6.45, 7) is -0.253. The summed E-state index contributed by atoms with van der Waals surface area (Å²) in [5.41, 5.74) is -1.05. The number of aliphatic hydroxyl groups is 2. The molecule has 0 saturated heterocycles. The topological polar surface area (TPSA) is 98.1 Å². The highest BCUT2D eigenvalue weighted by molar-refractivity contribution is 6.32. The van der Waals surface area contributed by atoms with Gasteiger partial charge in [-0.1, -0.05) is 53.0 Å². The first-order valence-corrected chi connectivity index (χ1v) is 12.0. The zero-order valence-electron chi connectivity index (χ0n) is 19.3. The van der Waals surface area contributed by atoms with Crippen LogP contribution in [-0.4, -0.2) is 46.4 Å². The Balaban J connectivity index is 1.85. The molecule has 0 unspecified atom stereocenters. The number of nitrogens with zero attached hydrogens (tertiary/aromatic N) is 5. The third-order valence-corrected chi connectivity index (χ3v) is 6.45. The summed E-state index contributed by atoms with van der Waals surface area (Å²) in [5.74, 6) is -0.996. The summed E-state index contributed by atoms with van der Waals surface area (Å²) in [7, 11) is 0. The van der Waals surface area contributed by atoms with E-state index in [1.54, 1.807) is 0 Å². The van der Waals surface area contributed by atoms with Crippen LogP contribution in [0.1, 0.15) is 24.7 Å². The van der Waals surface area contributed by atoms with E-state index < -0.39 is 43.0 Å². The molecule has 202 valence electrons. The van der Waals surface area contributed by atoms with Gasteiger partial charge in [0.25, 0.3) is 0 Å². The van der Waals surface area contributed by atoms with E-state index >= 15 is 0 Å². The molecule has 2 atom stereocenters.